The van der Waals surface area contributed by atoms with Crippen LogP contribution >= 0.6 is 11.8 Å². The molecule has 5 nitrogen and oxygen atoms in total. The molecule has 33 heavy (non-hydrogen) atoms. The molecule has 7 heteroatoms. The standard InChI is InChI=1S/C26H27FN4OS/c1-4-19-5-9-21(10-6-19)25-28-26(30-29-25)33-16-24(32)23-15-17(2)31(18(23)3)14-13-20-7-11-22(27)12-8-20/h5-12,15H,4,13-14,16H2,1-3H3,(H,28,29,30). The van der Waals surface area contributed by atoms with Gasteiger partial charge in [0.25, 0.3) is 0 Å². The number of aromatic nitrogens is 4. The second-order valence-corrected chi connectivity index (χ2v) is 8.98. The molecule has 4 rings (SSSR count). The topological polar surface area (TPSA) is 63.6 Å². The van der Waals surface area contributed by atoms with Gasteiger partial charge in [-0.25, -0.2) is 9.37 Å². The zero-order valence-corrected chi connectivity index (χ0v) is 19.9. The van der Waals surface area contributed by atoms with Crippen LogP contribution in [0.5, 0.6) is 0 Å². The van der Waals surface area contributed by atoms with Crippen LogP contribution in [0.25, 0.3) is 11.4 Å². The minimum absolute atomic E-state index is 0.0554. The van der Waals surface area contributed by atoms with E-state index < -0.39 is 0 Å². The summed E-state index contributed by atoms with van der Waals surface area (Å²) in [6.07, 6.45) is 1.77. The van der Waals surface area contributed by atoms with Crippen molar-refractivity contribution in [2.45, 2.75) is 45.3 Å². The summed E-state index contributed by atoms with van der Waals surface area (Å²) >= 11 is 1.33. The van der Waals surface area contributed by atoms with Gasteiger partial charge in [0, 0.05) is 29.1 Å². The van der Waals surface area contributed by atoms with Gasteiger partial charge in [-0.1, -0.05) is 55.1 Å². The van der Waals surface area contributed by atoms with Crippen molar-refractivity contribution in [3.8, 4) is 11.4 Å². The summed E-state index contributed by atoms with van der Waals surface area (Å²) in [6, 6.07) is 16.7. The summed E-state index contributed by atoms with van der Waals surface area (Å²) < 4.78 is 15.3. The molecule has 1 N–H and O–H groups in total. The largest absolute Gasteiger partial charge is 0.348 e. The first-order valence-electron chi connectivity index (χ1n) is 11.0. The van der Waals surface area contributed by atoms with Crippen LogP contribution in [0.15, 0.2) is 59.8 Å². The van der Waals surface area contributed by atoms with Crippen molar-refractivity contribution in [3.05, 3.63) is 88.5 Å². The van der Waals surface area contributed by atoms with Crippen molar-refractivity contribution in [2.24, 2.45) is 0 Å². The van der Waals surface area contributed by atoms with Crippen LogP contribution in [0.2, 0.25) is 0 Å². The van der Waals surface area contributed by atoms with Gasteiger partial charge >= 0.3 is 0 Å². The molecule has 170 valence electrons. The van der Waals surface area contributed by atoms with Gasteiger partial charge in [-0.15, -0.1) is 5.10 Å². The number of carbonyl (C=O) groups is 1. The molecule has 2 heterocycles. The van der Waals surface area contributed by atoms with Crippen molar-refractivity contribution in [2.75, 3.05) is 5.75 Å². The summed E-state index contributed by atoms with van der Waals surface area (Å²) in [7, 11) is 0. The third-order valence-corrected chi connectivity index (χ3v) is 6.69. The van der Waals surface area contributed by atoms with Crippen molar-refractivity contribution in [3.63, 3.8) is 0 Å². The summed E-state index contributed by atoms with van der Waals surface area (Å²) in [4.78, 5) is 17.5. The van der Waals surface area contributed by atoms with E-state index in [1.165, 1.54) is 29.5 Å². The molecule has 0 spiro atoms. The van der Waals surface area contributed by atoms with Crippen LogP contribution in [-0.2, 0) is 19.4 Å². The molecule has 0 aliphatic carbocycles. The maximum atomic E-state index is 13.1. The van der Waals surface area contributed by atoms with Gasteiger partial charge in [0.05, 0.1) is 5.75 Å². The number of H-pyrrole nitrogens is 1. The highest BCUT2D eigenvalue weighted by atomic mass is 32.2. The van der Waals surface area contributed by atoms with Gasteiger partial charge in [-0.05, 0) is 56.0 Å². The number of nitrogens with one attached hydrogen (secondary N) is 1. The van der Waals surface area contributed by atoms with E-state index in [9.17, 15) is 9.18 Å². The molecule has 0 amide bonds. The number of nitrogens with zero attached hydrogens (tertiary/aromatic N) is 3. The van der Waals surface area contributed by atoms with E-state index in [2.05, 4.69) is 38.8 Å². The Hall–Kier alpha value is -3.19. The van der Waals surface area contributed by atoms with Gasteiger partial charge in [0.15, 0.2) is 11.6 Å². The Labute approximate surface area is 197 Å². The maximum Gasteiger partial charge on any atom is 0.209 e. The first-order valence-corrected chi connectivity index (χ1v) is 12.0. The number of thioether (sulfide) groups is 1. The van der Waals surface area contributed by atoms with E-state index in [-0.39, 0.29) is 17.4 Å². The number of hydrogen-bond donors (Lipinski definition) is 1. The summed E-state index contributed by atoms with van der Waals surface area (Å²) in [5.41, 5.74) is 6.03. The van der Waals surface area contributed by atoms with Gasteiger partial charge in [0.1, 0.15) is 5.82 Å². The zero-order chi connectivity index (χ0) is 23.4. The van der Waals surface area contributed by atoms with Gasteiger partial charge in [0.2, 0.25) is 5.16 Å². The van der Waals surface area contributed by atoms with E-state index in [0.29, 0.717) is 11.0 Å². The lowest BCUT2D eigenvalue weighted by Crippen LogP contribution is -2.08. The molecule has 4 aromatic rings. The summed E-state index contributed by atoms with van der Waals surface area (Å²) in [5.74, 6) is 0.797. The number of hydrogen-bond acceptors (Lipinski definition) is 4. The minimum atomic E-state index is -0.231. The zero-order valence-electron chi connectivity index (χ0n) is 19.1. The number of aryl methyl sites for hydroxylation is 3. The van der Waals surface area contributed by atoms with Crippen LogP contribution in [0, 0.1) is 19.7 Å². The molecule has 0 unspecified atom stereocenters. The number of benzene rings is 2. The number of ketones is 1. The fourth-order valence-corrected chi connectivity index (χ4v) is 4.55. The highest BCUT2D eigenvalue weighted by Gasteiger charge is 2.17. The lowest BCUT2D eigenvalue weighted by atomic mass is 10.1. The monoisotopic (exact) mass is 462 g/mol. The molecule has 2 aromatic heterocycles. The average molecular weight is 463 g/mol. The van der Waals surface area contributed by atoms with Gasteiger partial charge in [-0.2, -0.15) is 0 Å². The molecule has 0 aliphatic heterocycles. The third kappa shape index (κ3) is 5.42. The molecule has 0 saturated heterocycles. The molecule has 0 fully saturated rings. The normalized spacial score (nSPS) is 11.2. The molecule has 0 atom stereocenters. The number of Topliss-reactive ketones (excluding diaryl/α,β-unsaturated/α-hetero) is 1. The molecule has 0 aliphatic rings. The van der Waals surface area contributed by atoms with Gasteiger partial charge in [-0.3, -0.25) is 9.89 Å². The fourth-order valence-electron chi connectivity index (χ4n) is 3.87. The Balaban J connectivity index is 1.38. The Morgan fingerprint density at radius 1 is 1.06 bits per heavy atom. The van der Waals surface area contributed by atoms with Crippen molar-refractivity contribution >= 4 is 17.5 Å². The number of halogens is 1. The molecule has 0 bridgehead atoms. The first-order chi connectivity index (χ1) is 15.9. The Morgan fingerprint density at radius 3 is 2.45 bits per heavy atom. The Bertz CT molecular complexity index is 1240. The van der Waals surface area contributed by atoms with E-state index in [1.54, 1.807) is 12.1 Å². The molecule has 0 radical (unpaired) electrons. The highest BCUT2D eigenvalue weighted by molar-refractivity contribution is 7.99. The molecular formula is C26H27FN4OS. The van der Waals surface area contributed by atoms with Crippen LogP contribution in [0.3, 0.4) is 0 Å². The summed E-state index contributed by atoms with van der Waals surface area (Å²) in [6.45, 7) is 6.84. The maximum absolute atomic E-state index is 13.1. The van der Waals surface area contributed by atoms with Crippen molar-refractivity contribution < 1.29 is 9.18 Å². The number of aromatic amines is 1. The number of carbonyl (C=O) groups excluding carboxylic acids is 1. The molecule has 0 saturated carbocycles. The van der Waals surface area contributed by atoms with Crippen molar-refractivity contribution in [1.82, 2.24) is 19.7 Å². The fraction of sp³-hybridized carbons (Fsp3) is 0.269. The molecular weight excluding hydrogens is 435 g/mol. The number of rotatable bonds is 9. The average Bonchev–Trinajstić information content (AvgIpc) is 3.42. The minimum Gasteiger partial charge on any atom is -0.348 e. The predicted octanol–water partition coefficient (Wildman–Crippen LogP) is 5.81. The quantitative estimate of drug-likeness (QED) is 0.252. The van der Waals surface area contributed by atoms with E-state index in [4.69, 9.17) is 0 Å². The first kappa shape index (κ1) is 23.0. The Kier molecular flexibility index (Phi) is 7.08. The third-order valence-electron chi connectivity index (χ3n) is 5.84. The second-order valence-electron chi connectivity index (χ2n) is 8.04. The van der Waals surface area contributed by atoms with Crippen LogP contribution in [0.1, 0.15) is 39.8 Å². The lowest BCUT2D eigenvalue weighted by molar-refractivity contribution is 0.102. The second kappa shape index (κ2) is 10.2. The SMILES string of the molecule is CCc1ccc(-c2nc(SCC(=O)c3cc(C)n(CCc4ccc(F)cc4)c3C)n[nH]2)cc1. The van der Waals surface area contributed by atoms with Crippen LogP contribution in [-0.4, -0.2) is 31.3 Å². The summed E-state index contributed by atoms with van der Waals surface area (Å²) in [5, 5.41) is 7.78. The van der Waals surface area contributed by atoms with E-state index >= 15 is 0 Å². The van der Waals surface area contributed by atoms with Crippen LogP contribution in [0.4, 0.5) is 4.39 Å². The van der Waals surface area contributed by atoms with E-state index in [0.717, 1.165) is 47.5 Å². The smallest absolute Gasteiger partial charge is 0.209 e. The highest BCUT2D eigenvalue weighted by Crippen LogP contribution is 2.23. The Morgan fingerprint density at radius 2 is 1.76 bits per heavy atom. The van der Waals surface area contributed by atoms with Crippen LogP contribution < -0.4 is 0 Å². The van der Waals surface area contributed by atoms with Gasteiger partial charge < -0.3 is 4.57 Å². The van der Waals surface area contributed by atoms with E-state index in [1.807, 2.05) is 32.0 Å². The van der Waals surface area contributed by atoms with Crippen molar-refractivity contribution in [1.29, 1.82) is 0 Å². The lowest BCUT2D eigenvalue weighted by Gasteiger charge is -2.10. The predicted molar refractivity (Wildman–Crippen MR) is 130 cm³/mol. The molecule has 2 aromatic carbocycles.